The summed E-state index contributed by atoms with van der Waals surface area (Å²) in [7, 11) is 3.10. The van der Waals surface area contributed by atoms with Crippen LogP contribution in [0.4, 0.5) is 11.4 Å². The highest BCUT2D eigenvalue weighted by atomic mass is 16.5. The second kappa shape index (κ2) is 10.9. The van der Waals surface area contributed by atoms with Gasteiger partial charge in [0.15, 0.2) is 0 Å². The first-order valence-electron chi connectivity index (χ1n) is 12.4. The summed E-state index contributed by atoms with van der Waals surface area (Å²) in [6, 6.07) is 19.4. The summed E-state index contributed by atoms with van der Waals surface area (Å²) in [5, 5.41) is 7.04. The predicted molar refractivity (Wildman–Crippen MR) is 145 cm³/mol. The molecule has 1 aliphatic carbocycles. The maximum Gasteiger partial charge on any atom is 0.338 e. The monoisotopic (exact) mass is 472 g/mol. The molecule has 0 spiro atoms. The molecule has 3 aromatic rings. The molecular formula is C30H36N2O3. The smallest absolute Gasteiger partial charge is 0.338 e. The van der Waals surface area contributed by atoms with Gasteiger partial charge in [-0.2, -0.15) is 0 Å². The van der Waals surface area contributed by atoms with Gasteiger partial charge >= 0.3 is 5.97 Å². The Morgan fingerprint density at radius 1 is 0.914 bits per heavy atom. The van der Waals surface area contributed by atoms with E-state index >= 15 is 0 Å². The molecule has 184 valence electrons. The third-order valence-electron chi connectivity index (χ3n) is 6.70. The third-order valence-corrected chi connectivity index (χ3v) is 6.70. The average Bonchev–Trinajstić information content (AvgIpc) is 3.37. The molecule has 0 aliphatic heterocycles. The molecule has 0 bridgehead atoms. The van der Waals surface area contributed by atoms with E-state index in [2.05, 4.69) is 48.7 Å². The van der Waals surface area contributed by atoms with E-state index in [-0.39, 0.29) is 5.97 Å². The first kappa shape index (κ1) is 24.6. The molecule has 5 nitrogen and oxygen atoms in total. The summed E-state index contributed by atoms with van der Waals surface area (Å²) in [5.41, 5.74) is 7.20. The van der Waals surface area contributed by atoms with Crippen molar-refractivity contribution in [2.45, 2.75) is 58.5 Å². The largest absolute Gasteiger partial charge is 0.496 e. The number of anilines is 2. The molecule has 35 heavy (non-hydrogen) atoms. The zero-order chi connectivity index (χ0) is 24.9. The number of carbonyl (C=O) groups excluding carboxylic acids is 1. The van der Waals surface area contributed by atoms with E-state index < -0.39 is 0 Å². The Hall–Kier alpha value is -3.47. The average molecular weight is 473 g/mol. The van der Waals surface area contributed by atoms with Crippen molar-refractivity contribution in [3.63, 3.8) is 0 Å². The van der Waals surface area contributed by atoms with Gasteiger partial charge in [-0.05, 0) is 80.6 Å². The second-order valence-corrected chi connectivity index (χ2v) is 9.57. The minimum Gasteiger partial charge on any atom is -0.496 e. The molecule has 1 aliphatic rings. The van der Waals surface area contributed by atoms with E-state index in [9.17, 15) is 4.79 Å². The van der Waals surface area contributed by atoms with Crippen molar-refractivity contribution in [1.82, 2.24) is 0 Å². The summed E-state index contributed by atoms with van der Waals surface area (Å²) < 4.78 is 11.1. The van der Waals surface area contributed by atoms with E-state index in [0.29, 0.717) is 17.6 Å². The van der Waals surface area contributed by atoms with E-state index in [1.165, 1.54) is 32.8 Å². The fourth-order valence-electron chi connectivity index (χ4n) is 5.02. The molecule has 1 fully saturated rings. The topological polar surface area (TPSA) is 59.6 Å². The quantitative estimate of drug-likeness (QED) is 0.337. The maximum atomic E-state index is 13.0. The van der Waals surface area contributed by atoms with E-state index in [1.54, 1.807) is 7.11 Å². The van der Waals surface area contributed by atoms with E-state index in [1.807, 2.05) is 37.3 Å². The molecule has 0 unspecified atom stereocenters. The van der Waals surface area contributed by atoms with Crippen LogP contribution in [0, 0.1) is 6.92 Å². The van der Waals surface area contributed by atoms with Crippen LogP contribution in [-0.2, 0) is 4.74 Å². The van der Waals surface area contributed by atoms with Crippen LogP contribution < -0.4 is 15.4 Å². The first-order chi connectivity index (χ1) is 16.9. The van der Waals surface area contributed by atoms with Crippen LogP contribution in [0.3, 0.4) is 0 Å². The van der Waals surface area contributed by atoms with Gasteiger partial charge in [0.1, 0.15) is 5.75 Å². The normalized spacial score (nSPS) is 13.7. The Balaban J connectivity index is 1.75. The van der Waals surface area contributed by atoms with Crippen LogP contribution in [0.5, 0.6) is 5.75 Å². The maximum absolute atomic E-state index is 13.0. The molecule has 3 aromatic carbocycles. The molecule has 2 N–H and O–H groups in total. The van der Waals surface area contributed by atoms with Crippen LogP contribution in [0.1, 0.15) is 55.5 Å². The van der Waals surface area contributed by atoms with Crippen LogP contribution in [0.15, 0.2) is 54.6 Å². The number of esters is 1. The second-order valence-electron chi connectivity index (χ2n) is 9.57. The standard InChI is InChI=1S/C30H36N2O3/c1-19(2)31-24-14-10-21(11-15-24)26-18-27(34-4)28(20(3)29(26)30(33)35-5)22-12-16-25(17-13-22)32-23-8-6-7-9-23/h10-19,23,31-32H,6-9H2,1-5H3. The Bertz CT molecular complexity index is 1160. The minimum atomic E-state index is -0.356. The van der Waals surface area contributed by atoms with E-state index in [0.717, 1.165) is 44.9 Å². The lowest BCUT2D eigenvalue weighted by molar-refractivity contribution is 0.0601. The van der Waals surface area contributed by atoms with Crippen molar-refractivity contribution in [2.75, 3.05) is 24.9 Å². The Kier molecular flexibility index (Phi) is 7.64. The van der Waals surface area contributed by atoms with E-state index in [4.69, 9.17) is 9.47 Å². The molecule has 0 heterocycles. The van der Waals surface area contributed by atoms with Gasteiger partial charge in [0, 0.05) is 34.6 Å². The van der Waals surface area contributed by atoms with Gasteiger partial charge in [0.2, 0.25) is 0 Å². The van der Waals surface area contributed by atoms with Crippen molar-refractivity contribution in [2.24, 2.45) is 0 Å². The molecule has 0 saturated heterocycles. The van der Waals surface area contributed by atoms with Crippen molar-refractivity contribution in [3.8, 4) is 28.0 Å². The van der Waals surface area contributed by atoms with Crippen LogP contribution >= 0.6 is 0 Å². The number of carbonyl (C=O) groups is 1. The van der Waals surface area contributed by atoms with Crippen molar-refractivity contribution in [1.29, 1.82) is 0 Å². The number of nitrogens with one attached hydrogen (secondary N) is 2. The van der Waals surface area contributed by atoms with Gasteiger partial charge in [-0.3, -0.25) is 0 Å². The summed E-state index contributed by atoms with van der Waals surface area (Å²) in [4.78, 5) is 13.0. The Morgan fingerprint density at radius 3 is 2.09 bits per heavy atom. The number of hydrogen-bond donors (Lipinski definition) is 2. The van der Waals surface area contributed by atoms with Crippen molar-refractivity contribution in [3.05, 3.63) is 65.7 Å². The number of rotatable bonds is 8. The molecule has 0 atom stereocenters. The SMILES string of the molecule is COC(=O)c1c(-c2ccc(NC(C)C)cc2)cc(OC)c(-c2ccc(NC3CCCC3)cc2)c1C. The number of ether oxygens (including phenoxy) is 2. The summed E-state index contributed by atoms with van der Waals surface area (Å²) in [6.07, 6.45) is 5.05. The lowest BCUT2D eigenvalue weighted by Gasteiger charge is -2.20. The van der Waals surface area contributed by atoms with Crippen LogP contribution in [0.2, 0.25) is 0 Å². The Morgan fingerprint density at radius 2 is 1.51 bits per heavy atom. The Labute approximate surface area is 208 Å². The van der Waals surface area contributed by atoms with Crippen LogP contribution in [-0.4, -0.2) is 32.3 Å². The molecule has 0 radical (unpaired) electrons. The fraction of sp³-hybridized carbons (Fsp3) is 0.367. The molecule has 4 rings (SSSR count). The summed E-state index contributed by atoms with van der Waals surface area (Å²) >= 11 is 0. The van der Waals surface area contributed by atoms with Crippen LogP contribution in [0.25, 0.3) is 22.3 Å². The lowest BCUT2D eigenvalue weighted by Crippen LogP contribution is -2.14. The third kappa shape index (κ3) is 5.45. The molecular weight excluding hydrogens is 436 g/mol. The number of methoxy groups -OCH3 is 2. The van der Waals surface area contributed by atoms with Gasteiger partial charge in [-0.15, -0.1) is 0 Å². The van der Waals surface area contributed by atoms with Crippen molar-refractivity contribution < 1.29 is 14.3 Å². The first-order valence-corrected chi connectivity index (χ1v) is 12.4. The van der Waals surface area contributed by atoms with Gasteiger partial charge in [-0.1, -0.05) is 37.1 Å². The lowest BCUT2D eigenvalue weighted by atomic mass is 9.88. The highest BCUT2D eigenvalue weighted by Gasteiger charge is 2.24. The van der Waals surface area contributed by atoms with Gasteiger partial charge in [0.25, 0.3) is 0 Å². The van der Waals surface area contributed by atoms with Gasteiger partial charge in [-0.25, -0.2) is 4.79 Å². The summed E-state index contributed by atoms with van der Waals surface area (Å²) in [5.74, 6) is 0.372. The summed E-state index contributed by atoms with van der Waals surface area (Å²) in [6.45, 7) is 6.17. The minimum absolute atomic E-state index is 0.341. The predicted octanol–water partition coefficient (Wildman–Crippen LogP) is 7.30. The molecule has 0 amide bonds. The van der Waals surface area contributed by atoms with Gasteiger partial charge in [0.05, 0.1) is 19.8 Å². The molecule has 1 saturated carbocycles. The highest BCUT2D eigenvalue weighted by Crippen LogP contribution is 2.41. The number of benzene rings is 3. The zero-order valence-electron chi connectivity index (χ0n) is 21.4. The zero-order valence-corrected chi connectivity index (χ0v) is 21.4. The molecule has 5 heteroatoms. The van der Waals surface area contributed by atoms with Gasteiger partial charge < -0.3 is 20.1 Å². The van der Waals surface area contributed by atoms with Crippen molar-refractivity contribution >= 4 is 17.3 Å². The highest BCUT2D eigenvalue weighted by molar-refractivity contribution is 6.02. The molecule has 0 aromatic heterocycles. The number of hydrogen-bond acceptors (Lipinski definition) is 5. The fourth-order valence-corrected chi connectivity index (χ4v) is 5.02.